The Hall–Kier alpha value is -0.650. The van der Waals surface area contributed by atoms with Crippen LogP contribution in [0.5, 0.6) is 0 Å². The predicted molar refractivity (Wildman–Crippen MR) is 73.5 cm³/mol. The van der Waals surface area contributed by atoms with Gasteiger partial charge < -0.3 is 0 Å². The maximum Gasteiger partial charge on any atom is 0.243 e. The molecule has 0 amide bonds. The number of aryl methyl sites for hydroxylation is 1. The highest BCUT2D eigenvalue weighted by Crippen LogP contribution is 2.22. The average Bonchev–Trinajstić information content (AvgIpc) is 2.20. The van der Waals surface area contributed by atoms with Gasteiger partial charge >= 0.3 is 0 Å². The number of halogens is 1. The second-order valence-electron chi connectivity index (χ2n) is 4.13. The fourth-order valence-corrected chi connectivity index (χ4v) is 2.99. The molecule has 0 bridgehead atoms. The van der Waals surface area contributed by atoms with Crippen molar-refractivity contribution >= 4 is 26.0 Å². The number of hydrogen-bond acceptors (Lipinski definition) is 2. The van der Waals surface area contributed by atoms with Gasteiger partial charge in [0.1, 0.15) is 0 Å². The van der Waals surface area contributed by atoms with Gasteiger partial charge in [-0.15, -0.1) is 0 Å². The van der Waals surface area contributed by atoms with Crippen LogP contribution in [0, 0.1) is 6.92 Å². The molecule has 0 N–H and O–H groups in total. The molecule has 0 aliphatic heterocycles. The van der Waals surface area contributed by atoms with E-state index in [2.05, 4.69) is 22.5 Å². The van der Waals surface area contributed by atoms with Gasteiger partial charge in [-0.25, -0.2) is 8.42 Å². The summed E-state index contributed by atoms with van der Waals surface area (Å²) in [7, 11) is -1.86. The third-order valence-corrected chi connectivity index (χ3v) is 5.02. The monoisotopic (exact) mass is 317 g/mol. The Morgan fingerprint density at radius 2 is 2.06 bits per heavy atom. The summed E-state index contributed by atoms with van der Waals surface area (Å²) in [6.45, 7) is 7.72. The van der Waals surface area contributed by atoms with Crippen molar-refractivity contribution in [3.05, 3.63) is 40.4 Å². The van der Waals surface area contributed by atoms with Crippen LogP contribution < -0.4 is 0 Å². The van der Waals surface area contributed by atoms with Crippen LogP contribution in [0.3, 0.4) is 0 Å². The first-order valence-electron chi connectivity index (χ1n) is 5.12. The van der Waals surface area contributed by atoms with Crippen molar-refractivity contribution in [2.75, 3.05) is 13.6 Å². The van der Waals surface area contributed by atoms with Crippen molar-refractivity contribution in [2.45, 2.75) is 18.7 Å². The lowest BCUT2D eigenvalue weighted by molar-refractivity contribution is 0.493. The molecule has 94 valence electrons. The molecule has 1 rings (SSSR count). The molecule has 0 unspecified atom stereocenters. The predicted octanol–water partition coefficient (Wildman–Crippen LogP) is 2.95. The van der Waals surface area contributed by atoms with Gasteiger partial charge in [-0.05, 0) is 37.6 Å². The van der Waals surface area contributed by atoms with E-state index in [-0.39, 0.29) is 0 Å². The summed E-state index contributed by atoms with van der Waals surface area (Å²) in [5, 5.41) is 0. The van der Waals surface area contributed by atoms with Gasteiger partial charge in [0.25, 0.3) is 0 Å². The second-order valence-corrected chi connectivity index (χ2v) is 7.03. The molecule has 0 atom stereocenters. The van der Waals surface area contributed by atoms with Gasteiger partial charge in [-0.2, -0.15) is 4.31 Å². The van der Waals surface area contributed by atoms with Crippen molar-refractivity contribution in [1.29, 1.82) is 0 Å². The van der Waals surface area contributed by atoms with Crippen molar-refractivity contribution < 1.29 is 8.42 Å². The molecule has 0 heterocycles. The van der Waals surface area contributed by atoms with E-state index in [1.807, 2.05) is 6.92 Å². The molecule has 0 radical (unpaired) electrons. The van der Waals surface area contributed by atoms with Gasteiger partial charge in [-0.3, -0.25) is 0 Å². The maximum absolute atomic E-state index is 12.2. The lowest BCUT2D eigenvalue weighted by Crippen LogP contribution is -2.28. The highest BCUT2D eigenvalue weighted by Gasteiger charge is 2.20. The fourth-order valence-electron chi connectivity index (χ4n) is 1.42. The van der Waals surface area contributed by atoms with Crippen molar-refractivity contribution in [1.82, 2.24) is 4.31 Å². The van der Waals surface area contributed by atoms with Crippen molar-refractivity contribution in [2.24, 2.45) is 0 Å². The quantitative estimate of drug-likeness (QED) is 0.801. The average molecular weight is 318 g/mol. The van der Waals surface area contributed by atoms with E-state index in [1.165, 1.54) is 4.31 Å². The molecule has 17 heavy (non-hydrogen) atoms. The van der Waals surface area contributed by atoms with Crippen LogP contribution in [-0.4, -0.2) is 26.3 Å². The Kier molecular flexibility index (Phi) is 4.52. The zero-order valence-electron chi connectivity index (χ0n) is 10.2. The van der Waals surface area contributed by atoms with E-state index in [9.17, 15) is 8.42 Å². The zero-order chi connectivity index (χ0) is 13.2. The highest BCUT2D eigenvalue weighted by molar-refractivity contribution is 9.10. The number of likely N-dealkylation sites (N-methyl/N-ethyl adjacent to an activating group) is 1. The lowest BCUT2D eigenvalue weighted by Gasteiger charge is -2.17. The third kappa shape index (κ3) is 3.40. The summed E-state index contributed by atoms with van der Waals surface area (Å²) in [5.41, 5.74) is 1.71. The van der Waals surface area contributed by atoms with Gasteiger partial charge in [0.15, 0.2) is 0 Å². The second kappa shape index (κ2) is 5.33. The lowest BCUT2D eigenvalue weighted by atomic mass is 10.2. The molecule has 0 aliphatic rings. The van der Waals surface area contributed by atoms with Crippen LogP contribution in [0.1, 0.15) is 12.5 Å². The molecule has 0 aromatic heterocycles. The van der Waals surface area contributed by atoms with Crippen LogP contribution in [0.2, 0.25) is 0 Å². The summed E-state index contributed by atoms with van der Waals surface area (Å²) in [5.74, 6) is 0. The molecular formula is C12H16BrNO2S. The highest BCUT2D eigenvalue weighted by atomic mass is 79.9. The summed E-state index contributed by atoms with van der Waals surface area (Å²) in [6, 6.07) is 5.01. The van der Waals surface area contributed by atoms with Gasteiger partial charge in [0.2, 0.25) is 10.0 Å². The number of benzene rings is 1. The largest absolute Gasteiger partial charge is 0.243 e. The normalized spacial score (nSPS) is 11.8. The van der Waals surface area contributed by atoms with Gasteiger partial charge in [0.05, 0.1) is 4.90 Å². The van der Waals surface area contributed by atoms with E-state index in [0.717, 1.165) is 15.6 Å². The summed E-state index contributed by atoms with van der Waals surface area (Å²) in [4.78, 5) is 0.307. The molecule has 5 heteroatoms. The van der Waals surface area contributed by atoms with E-state index in [1.54, 1.807) is 32.2 Å². The first-order valence-corrected chi connectivity index (χ1v) is 7.35. The zero-order valence-corrected chi connectivity index (χ0v) is 12.6. The number of hydrogen-bond donors (Lipinski definition) is 0. The van der Waals surface area contributed by atoms with Crippen LogP contribution in [0.15, 0.2) is 39.7 Å². The molecule has 1 aromatic rings. The molecular weight excluding hydrogens is 302 g/mol. The van der Waals surface area contributed by atoms with Gasteiger partial charge in [-0.1, -0.05) is 28.1 Å². The minimum Gasteiger partial charge on any atom is -0.207 e. The summed E-state index contributed by atoms with van der Waals surface area (Å²) >= 11 is 3.35. The van der Waals surface area contributed by atoms with Crippen LogP contribution >= 0.6 is 15.9 Å². The Labute approximate surface area is 111 Å². The Morgan fingerprint density at radius 3 is 2.53 bits per heavy atom. The van der Waals surface area contributed by atoms with Gasteiger partial charge in [0, 0.05) is 18.1 Å². The van der Waals surface area contributed by atoms with E-state index in [4.69, 9.17) is 0 Å². The molecule has 0 spiro atoms. The molecule has 0 aliphatic carbocycles. The summed E-state index contributed by atoms with van der Waals surface area (Å²) < 4.78 is 26.6. The molecule has 0 saturated carbocycles. The van der Waals surface area contributed by atoms with Crippen molar-refractivity contribution in [3.8, 4) is 0 Å². The Balaban J connectivity index is 3.13. The smallest absolute Gasteiger partial charge is 0.207 e. The first-order chi connectivity index (χ1) is 7.75. The standard InChI is InChI=1S/C12H16BrNO2S/c1-9(2)8-14(4)17(15,16)11-5-6-12(13)10(3)7-11/h5-7H,1,8H2,2-4H3. The Bertz CT molecular complexity index is 537. The van der Waals surface area contributed by atoms with E-state index < -0.39 is 10.0 Å². The SMILES string of the molecule is C=C(C)CN(C)S(=O)(=O)c1ccc(Br)c(C)c1. The van der Waals surface area contributed by atoms with E-state index in [0.29, 0.717) is 11.4 Å². The van der Waals surface area contributed by atoms with Crippen LogP contribution in [0.4, 0.5) is 0 Å². The Morgan fingerprint density at radius 1 is 1.47 bits per heavy atom. The number of rotatable bonds is 4. The van der Waals surface area contributed by atoms with Crippen LogP contribution in [-0.2, 0) is 10.0 Å². The molecule has 0 fully saturated rings. The third-order valence-electron chi connectivity index (χ3n) is 2.33. The molecule has 0 saturated heterocycles. The molecule has 1 aromatic carbocycles. The maximum atomic E-state index is 12.2. The summed E-state index contributed by atoms with van der Waals surface area (Å²) in [6.07, 6.45) is 0. The minimum absolute atomic E-state index is 0.307. The minimum atomic E-state index is -3.42. The van der Waals surface area contributed by atoms with Crippen LogP contribution in [0.25, 0.3) is 0 Å². The fraction of sp³-hybridized carbons (Fsp3) is 0.333. The first kappa shape index (κ1) is 14.4. The topological polar surface area (TPSA) is 37.4 Å². The van der Waals surface area contributed by atoms with E-state index >= 15 is 0 Å². The number of nitrogens with zero attached hydrogens (tertiary/aromatic N) is 1. The number of sulfonamides is 1. The molecule has 3 nitrogen and oxygen atoms in total. The van der Waals surface area contributed by atoms with Crippen molar-refractivity contribution in [3.63, 3.8) is 0 Å².